The third-order valence-corrected chi connectivity index (χ3v) is 2.85. The van der Waals surface area contributed by atoms with E-state index in [2.05, 4.69) is 26.7 Å². The minimum atomic E-state index is -0.00356. The van der Waals surface area contributed by atoms with Crippen LogP contribution in [0.5, 0.6) is 0 Å². The molecule has 0 amide bonds. The summed E-state index contributed by atoms with van der Waals surface area (Å²) in [5, 5.41) is 8.64. The first-order valence-electron chi connectivity index (χ1n) is 4.24. The van der Waals surface area contributed by atoms with E-state index in [0.29, 0.717) is 0 Å². The Balaban J connectivity index is 2.08. The lowest BCUT2D eigenvalue weighted by Crippen LogP contribution is -2.30. The van der Waals surface area contributed by atoms with Gasteiger partial charge >= 0.3 is 0 Å². The number of thiophene rings is 1. The molecule has 4 N–H and O–H groups in total. The van der Waals surface area contributed by atoms with Crippen LogP contribution in [0.1, 0.15) is 16.7 Å². The van der Waals surface area contributed by atoms with Gasteiger partial charge in [0.05, 0.1) is 6.04 Å². The lowest BCUT2D eigenvalue weighted by Gasteiger charge is -2.10. The molecule has 0 spiro atoms. The van der Waals surface area contributed by atoms with Crippen LogP contribution in [0.4, 0.5) is 0 Å². The summed E-state index contributed by atoms with van der Waals surface area (Å²) >= 11 is 1.71. The van der Waals surface area contributed by atoms with Gasteiger partial charge in [0.25, 0.3) is 0 Å². The van der Waals surface area contributed by atoms with Crippen LogP contribution >= 0.6 is 11.3 Å². The molecule has 0 aromatic carbocycles. The van der Waals surface area contributed by atoms with Gasteiger partial charge < -0.3 is 0 Å². The number of H-pyrrole nitrogens is 1. The van der Waals surface area contributed by atoms with Gasteiger partial charge in [-0.1, -0.05) is 6.07 Å². The van der Waals surface area contributed by atoms with Crippen LogP contribution in [0, 0.1) is 0 Å². The van der Waals surface area contributed by atoms with E-state index in [1.807, 2.05) is 11.4 Å². The number of hydrogen-bond acceptors (Lipinski definition) is 5. The van der Waals surface area contributed by atoms with Gasteiger partial charge in [-0.25, -0.2) is 10.4 Å². The lowest BCUT2D eigenvalue weighted by molar-refractivity contribution is 0.528. The van der Waals surface area contributed by atoms with Crippen molar-refractivity contribution in [2.24, 2.45) is 5.84 Å². The molecule has 2 aromatic rings. The average Bonchev–Trinajstić information content (AvgIpc) is 2.86. The number of aromatic amines is 1. The van der Waals surface area contributed by atoms with E-state index in [9.17, 15) is 0 Å². The molecule has 0 radical (unpaired) electrons. The predicted octanol–water partition coefficient (Wildman–Crippen LogP) is 0.613. The zero-order valence-electron chi connectivity index (χ0n) is 7.47. The second kappa shape index (κ2) is 4.32. The minimum Gasteiger partial charge on any atom is -0.271 e. The van der Waals surface area contributed by atoms with Gasteiger partial charge in [0.15, 0.2) is 0 Å². The Morgan fingerprint density at radius 2 is 2.57 bits per heavy atom. The maximum absolute atomic E-state index is 5.45. The van der Waals surface area contributed by atoms with E-state index in [0.717, 1.165) is 12.2 Å². The molecule has 5 nitrogen and oxygen atoms in total. The first-order valence-corrected chi connectivity index (χ1v) is 5.12. The highest BCUT2D eigenvalue weighted by Gasteiger charge is 2.13. The molecule has 0 aliphatic heterocycles. The molecule has 0 aliphatic rings. The van der Waals surface area contributed by atoms with Gasteiger partial charge in [-0.3, -0.25) is 10.9 Å². The van der Waals surface area contributed by atoms with Gasteiger partial charge in [0.2, 0.25) is 0 Å². The number of nitrogens with one attached hydrogen (secondary N) is 2. The van der Waals surface area contributed by atoms with Crippen LogP contribution in [0.3, 0.4) is 0 Å². The number of nitrogens with two attached hydrogens (primary N) is 1. The number of hydrogen-bond donors (Lipinski definition) is 3. The molecule has 0 bridgehead atoms. The fraction of sp³-hybridized carbons (Fsp3) is 0.250. The van der Waals surface area contributed by atoms with Crippen molar-refractivity contribution >= 4 is 11.3 Å². The van der Waals surface area contributed by atoms with Gasteiger partial charge in [0.1, 0.15) is 12.2 Å². The summed E-state index contributed by atoms with van der Waals surface area (Å²) in [6, 6.07) is 4.09. The molecule has 0 saturated carbocycles. The highest BCUT2D eigenvalue weighted by molar-refractivity contribution is 7.09. The number of hydrazine groups is 1. The molecule has 0 saturated heterocycles. The fourth-order valence-electron chi connectivity index (χ4n) is 1.25. The maximum Gasteiger partial charge on any atom is 0.143 e. The normalized spacial score (nSPS) is 12.9. The van der Waals surface area contributed by atoms with Crippen molar-refractivity contribution in [3.63, 3.8) is 0 Å². The predicted molar refractivity (Wildman–Crippen MR) is 54.5 cm³/mol. The summed E-state index contributed by atoms with van der Waals surface area (Å²) in [6.45, 7) is 0. The van der Waals surface area contributed by atoms with Gasteiger partial charge in [-0.2, -0.15) is 5.10 Å². The first kappa shape index (κ1) is 9.32. The van der Waals surface area contributed by atoms with Crippen LogP contribution in [0.2, 0.25) is 0 Å². The van der Waals surface area contributed by atoms with Crippen molar-refractivity contribution in [2.45, 2.75) is 12.5 Å². The summed E-state index contributed by atoms with van der Waals surface area (Å²) in [5.41, 5.74) is 2.72. The largest absolute Gasteiger partial charge is 0.271 e. The van der Waals surface area contributed by atoms with E-state index in [-0.39, 0.29) is 6.04 Å². The van der Waals surface area contributed by atoms with Gasteiger partial charge in [-0.05, 0) is 11.4 Å². The van der Waals surface area contributed by atoms with Crippen LogP contribution in [0.15, 0.2) is 23.8 Å². The van der Waals surface area contributed by atoms with Crippen molar-refractivity contribution in [2.75, 3.05) is 0 Å². The monoisotopic (exact) mass is 209 g/mol. The number of nitrogens with zero attached hydrogens (tertiary/aromatic N) is 2. The summed E-state index contributed by atoms with van der Waals surface area (Å²) in [4.78, 5) is 5.33. The molecule has 2 aromatic heterocycles. The summed E-state index contributed by atoms with van der Waals surface area (Å²) in [5.74, 6) is 6.21. The highest BCUT2D eigenvalue weighted by Crippen LogP contribution is 2.17. The zero-order valence-corrected chi connectivity index (χ0v) is 8.29. The quantitative estimate of drug-likeness (QED) is 0.509. The fourth-order valence-corrected chi connectivity index (χ4v) is 2.00. The summed E-state index contributed by atoms with van der Waals surface area (Å²) in [7, 11) is 0. The van der Waals surface area contributed by atoms with Crippen LogP contribution in [-0.2, 0) is 6.42 Å². The molecule has 2 heterocycles. The molecule has 0 fully saturated rings. The molecule has 1 atom stereocenters. The van der Waals surface area contributed by atoms with Crippen molar-refractivity contribution in [3.8, 4) is 0 Å². The van der Waals surface area contributed by atoms with Crippen molar-refractivity contribution in [1.29, 1.82) is 0 Å². The SMILES string of the molecule is NNC(Cc1cccs1)c1ncn[nH]1. The van der Waals surface area contributed by atoms with Crippen molar-refractivity contribution in [1.82, 2.24) is 20.6 Å². The molecule has 0 aliphatic carbocycles. The maximum atomic E-state index is 5.45. The molecule has 74 valence electrons. The third kappa shape index (κ3) is 1.98. The zero-order chi connectivity index (χ0) is 9.80. The van der Waals surface area contributed by atoms with E-state index < -0.39 is 0 Å². The second-order valence-electron chi connectivity index (χ2n) is 2.87. The second-order valence-corrected chi connectivity index (χ2v) is 3.91. The molecule has 6 heteroatoms. The van der Waals surface area contributed by atoms with E-state index in [1.165, 1.54) is 11.2 Å². The Morgan fingerprint density at radius 3 is 3.14 bits per heavy atom. The van der Waals surface area contributed by atoms with E-state index >= 15 is 0 Å². The molecule has 14 heavy (non-hydrogen) atoms. The van der Waals surface area contributed by atoms with Gasteiger partial charge in [0, 0.05) is 11.3 Å². The van der Waals surface area contributed by atoms with Crippen LogP contribution in [0.25, 0.3) is 0 Å². The average molecular weight is 209 g/mol. The Bertz CT molecular complexity index is 355. The lowest BCUT2D eigenvalue weighted by atomic mass is 10.2. The van der Waals surface area contributed by atoms with Crippen LogP contribution in [-0.4, -0.2) is 15.2 Å². The first-order chi connectivity index (χ1) is 6.90. The van der Waals surface area contributed by atoms with E-state index in [1.54, 1.807) is 11.3 Å². The molecule has 1 unspecified atom stereocenters. The smallest absolute Gasteiger partial charge is 0.143 e. The summed E-state index contributed by atoms with van der Waals surface area (Å²) in [6.07, 6.45) is 2.30. The Morgan fingerprint density at radius 1 is 1.64 bits per heavy atom. The summed E-state index contributed by atoms with van der Waals surface area (Å²) < 4.78 is 0. The number of aromatic nitrogens is 3. The molecular formula is C8H11N5S. The third-order valence-electron chi connectivity index (χ3n) is 1.95. The van der Waals surface area contributed by atoms with E-state index in [4.69, 9.17) is 5.84 Å². The molecular weight excluding hydrogens is 198 g/mol. The number of rotatable bonds is 4. The van der Waals surface area contributed by atoms with Gasteiger partial charge in [-0.15, -0.1) is 11.3 Å². The standard InChI is InChI=1S/C8H11N5S/c9-12-7(8-10-5-11-13-8)4-6-2-1-3-14-6/h1-3,5,7,12H,4,9H2,(H,10,11,13). The van der Waals surface area contributed by atoms with Crippen molar-refractivity contribution < 1.29 is 0 Å². The Kier molecular flexibility index (Phi) is 2.87. The topological polar surface area (TPSA) is 79.6 Å². The minimum absolute atomic E-state index is 0.00356. The highest BCUT2D eigenvalue weighted by atomic mass is 32.1. The van der Waals surface area contributed by atoms with Crippen molar-refractivity contribution in [3.05, 3.63) is 34.5 Å². The van der Waals surface area contributed by atoms with Crippen LogP contribution < -0.4 is 11.3 Å². The Hall–Kier alpha value is -1.24. The Labute approximate surface area is 85.3 Å². The molecule has 2 rings (SSSR count).